The van der Waals surface area contributed by atoms with Gasteiger partial charge >= 0.3 is 6.09 Å². The number of ether oxygens (including phenoxy) is 1. The number of hydrogen-bond acceptors (Lipinski definition) is 5. The Kier molecular flexibility index (Phi) is 3.63. The molecule has 24 heavy (non-hydrogen) atoms. The van der Waals surface area contributed by atoms with Gasteiger partial charge in [0.15, 0.2) is 12.1 Å². The maximum Gasteiger partial charge on any atom is 0.418 e. The number of imidazole rings is 1. The van der Waals surface area contributed by atoms with Gasteiger partial charge in [-0.05, 0) is 45.0 Å². The molecular weight excluding hydrogens is 308 g/mol. The summed E-state index contributed by atoms with van der Waals surface area (Å²) in [5.41, 5.74) is 7.37. The number of nitrogen functional groups attached to an aromatic ring is 1. The van der Waals surface area contributed by atoms with Gasteiger partial charge < -0.3 is 10.5 Å². The number of nitrogens with two attached hydrogens (primary N) is 1. The monoisotopic (exact) mass is 326 g/mol. The summed E-state index contributed by atoms with van der Waals surface area (Å²) in [4.78, 5) is 27.7. The van der Waals surface area contributed by atoms with Crippen molar-refractivity contribution in [3.63, 3.8) is 0 Å². The van der Waals surface area contributed by atoms with Crippen LogP contribution in [0.15, 0.2) is 36.7 Å². The van der Waals surface area contributed by atoms with Crippen molar-refractivity contribution in [3.05, 3.63) is 42.4 Å². The van der Waals surface area contributed by atoms with E-state index in [2.05, 4.69) is 4.98 Å². The molecular formula is C17H18N4O3. The Morgan fingerprint density at radius 1 is 1.29 bits per heavy atom. The van der Waals surface area contributed by atoms with E-state index >= 15 is 0 Å². The highest BCUT2D eigenvalue weighted by Crippen LogP contribution is 2.24. The molecule has 2 N–H and O–H groups in total. The number of carbonyl (C=O) groups excluding carboxylic acids is 2. The zero-order chi connectivity index (χ0) is 17.5. The first-order valence-electron chi connectivity index (χ1n) is 7.44. The highest BCUT2D eigenvalue weighted by atomic mass is 16.6. The van der Waals surface area contributed by atoms with Gasteiger partial charge in [-0.1, -0.05) is 0 Å². The minimum absolute atomic E-state index is 0.171. The number of nitrogens with zero attached hydrogens (tertiary/aromatic N) is 3. The van der Waals surface area contributed by atoms with Crippen molar-refractivity contribution in [2.75, 3.05) is 5.73 Å². The Bertz CT molecular complexity index is 931. The van der Waals surface area contributed by atoms with Gasteiger partial charge in [0.1, 0.15) is 16.9 Å². The van der Waals surface area contributed by atoms with Gasteiger partial charge in [-0.2, -0.15) is 0 Å². The van der Waals surface area contributed by atoms with Crippen molar-refractivity contribution in [1.82, 2.24) is 14.0 Å². The lowest BCUT2D eigenvalue weighted by Gasteiger charge is -2.20. The quantitative estimate of drug-likeness (QED) is 0.731. The molecule has 0 fully saturated rings. The summed E-state index contributed by atoms with van der Waals surface area (Å²) < 4.78 is 8.43. The third-order valence-corrected chi connectivity index (χ3v) is 3.43. The van der Waals surface area contributed by atoms with Gasteiger partial charge in [0.25, 0.3) is 0 Å². The number of aromatic nitrogens is 3. The molecule has 0 aliphatic carbocycles. The van der Waals surface area contributed by atoms with Crippen LogP contribution in [0.5, 0.6) is 0 Å². The molecule has 0 atom stereocenters. The maximum absolute atomic E-state index is 12.4. The van der Waals surface area contributed by atoms with Crippen molar-refractivity contribution in [1.29, 1.82) is 0 Å². The van der Waals surface area contributed by atoms with E-state index < -0.39 is 11.7 Å². The van der Waals surface area contributed by atoms with Crippen LogP contribution < -0.4 is 5.73 Å². The molecule has 3 aromatic rings. The lowest BCUT2D eigenvalue weighted by molar-refractivity contribution is 0.0540. The summed E-state index contributed by atoms with van der Waals surface area (Å²) in [6, 6.07) is 7.11. The lowest BCUT2D eigenvalue weighted by Crippen LogP contribution is -2.27. The summed E-state index contributed by atoms with van der Waals surface area (Å²) in [6.07, 6.45) is 3.55. The lowest BCUT2D eigenvalue weighted by atomic mass is 10.2. The van der Waals surface area contributed by atoms with Crippen molar-refractivity contribution >= 4 is 23.8 Å². The smallest absolute Gasteiger partial charge is 0.418 e. The fourth-order valence-electron chi connectivity index (χ4n) is 2.44. The second-order valence-electron chi connectivity index (χ2n) is 6.39. The third-order valence-electron chi connectivity index (χ3n) is 3.43. The molecule has 0 aliphatic rings. The van der Waals surface area contributed by atoms with Crippen molar-refractivity contribution in [2.24, 2.45) is 0 Å². The third kappa shape index (κ3) is 2.76. The molecule has 7 nitrogen and oxygen atoms in total. The molecule has 0 saturated heterocycles. The fourth-order valence-corrected chi connectivity index (χ4v) is 2.44. The minimum Gasteiger partial charge on any atom is -0.443 e. The number of carbonyl (C=O) groups is 2. The average Bonchev–Trinajstić information content (AvgIpc) is 3.07. The second-order valence-corrected chi connectivity index (χ2v) is 6.39. The first-order valence-corrected chi connectivity index (χ1v) is 7.44. The maximum atomic E-state index is 12.4. The van der Waals surface area contributed by atoms with E-state index in [0.717, 1.165) is 5.56 Å². The van der Waals surface area contributed by atoms with Gasteiger partial charge in [-0.15, -0.1) is 0 Å². The van der Waals surface area contributed by atoms with Crippen LogP contribution in [0.25, 0.3) is 16.9 Å². The van der Waals surface area contributed by atoms with E-state index in [1.807, 2.05) is 26.8 Å². The van der Waals surface area contributed by atoms with Crippen molar-refractivity contribution in [2.45, 2.75) is 26.4 Å². The standard InChI is InChI=1S/C17H18N4O3/c1-17(2,3)24-16(23)20-8-4-5-12(20)11-6-7-14-19-15(18)13(10-22)21(14)9-11/h4-10H,18H2,1-3H3. The van der Waals surface area contributed by atoms with Crippen LogP contribution in [-0.4, -0.2) is 31.9 Å². The zero-order valence-electron chi connectivity index (χ0n) is 13.7. The number of hydrogen-bond donors (Lipinski definition) is 1. The molecule has 0 unspecified atom stereocenters. The normalized spacial score (nSPS) is 11.6. The van der Waals surface area contributed by atoms with Crippen LogP contribution in [0.1, 0.15) is 31.3 Å². The number of fused-ring (bicyclic) bond motifs is 1. The summed E-state index contributed by atoms with van der Waals surface area (Å²) in [6.45, 7) is 5.43. The van der Waals surface area contributed by atoms with Gasteiger partial charge in [-0.25, -0.2) is 9.78 Å². The number of pyridine rings is 1. The van der Waals surface area contributed by atoms with Crippen molar-refractivity contribution in [3.8, 4) is 11.3 Å². The van der Waals surface area contributed by atoms with Crippen LogP contribution in [0.2, 0.25) is 0 Å². The molecule has 0 radical (unpaired) electrons. The highest BCUT2D eigenvalue weighted by Gasteiger charge is 2.20. The Balaban J connectivity index is 2.07. The molecule has 124 valence electrons. The van der Waals surface area contributed by atoms with E-state index in [-0.39, 0.29) is 11.5 Å². The topological polar surface area (TPSA) is 91.6 Å². The second kappa shape index (κ2) is 5.52. The molecule has 0 aromatic carbocycles. The number of anilines is 1. The molecule has 7 heteroatoms. The molecule has 3 heterocycles. The van der Waals surface area contributed by atoms with Crippen LogP contribution in [0.4, 0.5) is 10.6 Å². The predicted molar refractivity (Wildman–Crippen MR) is 90.0 cm³/mol. The first-order chi connectivity index (χ1) is 11.3. The minimum atomic E-state index is -0.591. The molecule has 0 amide bonds. The summed E-state index contributed by atoms with van der Waals surface area (Å²) in [7, 11) is 0. The van der Waals surface area contributed by atoms with E-state index in [0.29, 0.717) is 17.6 Å². The Morgan fingerprint density at radius 2 is 2.04 bits per heavy atom. The van der Waals surface area contributed by atoms with Crippen LogP contribution in [-0.2, 0) is 4.74 Å². The Morgan fingerprint density at radius 3 is 2.71 bits per heavy atom. The Labute approximate surface area is 138 Å². The van der Waals surface area contributed by atoms with E-state index in [1.54, 1.807) is 35.0 Å². The number of aldehydes is 1. The SMILES string of the molecule is CC(C)(C)OC(=O)n1cccc1-c1ccc2nc(N)c(C=O)n2c1. The average molecular weight is 326 g/mol. The van der Waals surface area contributed by atoms with Gasteiger partial charge in [-0.3, -0.25) is 13.8 Å². The van der Waals surface area contributed by atoms with E-state index in [1.165, 1.54) is 4.57 Å². The zero-order valence-corrected chi connectivity index (χ0v) is 13.7. The fraction of sp³-hybridized carbons (Fsp3) is 0.235. The number of rotatable bonds is 2. The molecule has 0 spiro atoms. The summed E-state index contributed by atoms with van der Waals surface area (Å²) in [5.74, 6) is 0.171. The van der Waals surface area contributed by atoms with Crippen LogP contribution in [0, 0.1) is 0 Å². The molecule has 0 bridgehead atoms. The summed E-state index contributed by atoms with van der Waals surface area (Å²) in [5, 5.41) is 0. The first kappa shape index (κ1) is 15.8. The van der Waals surface area contributed by atoms with Gasteiger partial charge in [0.2, 0.25) is 0 Å². The van der Waals surface area contributed by atoms with E-state index in [9.17, 15) is 9.59 Å². The molecule has 0 aliphatic heterocycles. The molecule has 0 saturated carbocycles. The highest BCUT2D eigenvalue weighted by molar-refractivity contribution is 5.83. The van der Waals surface area contributed by atoms with E-state index in [4.69, 9.17) is 10.5 Å². The van der Waals surface area contributed by atoms with Gasteiger partial charge in [0.05, 0.1) is 5.69 Å². The molecule has 3 rings (SSSR count). The van der Waals surface area contributed by atoms with Crippen molar-refractivity contribution < 1.29 is 14.3 Å². The van der Waals surface area contributed by atoms with Crippen LogP contribution in [0.3, 0.4) is 0 Å². The largest absolute Gasteiger partial charge is 0.443 e. The van der Waals surface area contributed by atoms with Crippen LogP contribution >= 0.6 is 0 Å². The predicted octanol–water partition coefficient (Wildman–Crippen LogP) is 2.98. The van der Waals surface area contributed by atoms with Gasteiger partial charge in [0, 0.05) is 18.0 Å². The Hall–Kier alpha value is -3.09. The summed E-state index contributed by atoms with van der Waals surface area (Å²) >= 11 is 0. The molecule has 3 aromatic heterocycles.